The Bertz CT molecular complexity index is 613. The molecule has 1 N–H and O–H groups in total. The third-order valence-electron chi connectivity index (χ3n) is 6.82. The molecule has 1 fully saturated rings. The molecule has 0 amide bonds. The summed E-state index contributed by atoms with van der Waals surface area (Å²) in [6.45, 7) is 4.45. The van der Waals surface area contributed by atoms with E-state index in [2.05, 4.69) is 6.92 Å². The number of nitrogens with zero attached hydrogens (tertiary/aromatic N) is 2. The number of ether oxygens (including phenoxy) is 2. The molecular formula is C28H52N2O6. The van der Waals surface area contributed by atoms with E-state index in [1.807, 2.05) is 23.9 Å². The van der Waals surface area contributed by atoms with Crippen LogP contribution in [0.4, 0.5) is 0 Å². The fourth-order valence-electron chi connectivity index (χ4n) is 4.62. The molecule has 0 bridgehead atoms. The summed E-state index contributed by atoms with van der Waals surface area (Å²) in [6, 6.07) is -0.539. The quantitative estimate of drug-likeness (QED) is 0.169. The van der Waals surface area contributed by atoms with Crippen LogP contribution < -0.4 is 0 Å². The molecule has 1 heterocycles. The second-order valence-corrected chi connectivity index (χ2v) is 10.5. The molecule has 8 nitrogen and oxygen atoms in total. The topological polar surface area (TPSA) is 96.4 Å². The number of carbonyl (C=O) groups excluding carboxylic acids is 2. The van der Waals surface area contributed by atoms with Crippen LogP contribution in [-0.4, -0.2) is 85.3 Å². The first kappa shape index (κ1) is 32.4. The Hall–Kier alpha value is -1.67. The number of hydrogen-bond donors (Lipinski definition) is 1. The van der Waals surface area contributed by atoms with E-state index in [0.717, 1.165) is 32.1 Å². The van der Waals surface area contributed by atoms with Crippen molar-refractivity contribution in [2.75, 3.05) is 40.3 Å². The van der Waals surface area contributed by atoms with E-state index in [1.165, 1.54) is 44.9 Å². The molecule has 0 aromatic heterocycles. The first-order chi connectivity index (χ1) is 17.3. The van der Waals surface area contributed by atoms with Crippen molar-refractivity contribution >= 4 is 17.9 Å². The largest absolute Gasteiger partial charge is 0.480 e. The summed E-state index contributed by atoms with van der Waals surface area (Å²) in [6.07, 6.45) is 15.1. The van der Waals surface area contributed by atoms with Crippen LogP contribution in [0.15, 0.2) is 0 Å². The Morgan fingerprint density at radius 2 is 1.47 bits per heavy atom. The minimum atomic E-state index is -0.826. The zero-order chi connectivity index (χ0) is 26.6. The van der Waals surface area contributed by atoms with Gasteiger partial charge in [-0.1, -0.05) is 64.7 Å². The molecule has 1 aliphatic heterocycles. The number of hydrogen-bond acceptors (Lipinski definition) is 7. The fraction of sp³-hybridized carbons (Fsp3) is 0.893. The van der Waals surface area contributed by atoms with Gasteiger partial charge in [0.05, 0.1) is 13.0 Å². The van der Waals surface area contributed by atoms with Gasteiger partial charge in [-0.15, -0.1) is 0 Å². The maximum atomic E-state index is 12.1. The number of likely N-dealkylation sites (tertiary alicyclic amines) is 1. The molecule has 0 unspecified atom stereocenters. The number of rotatable bonds is 21. The molecule has 0 spiro atoms. The maximum Gasteiger partial charge on any atom is 0.320 e. The Morgan fingerprint density at radius 1 is 0.833 bits per heavy atom. The molecule has 8 heteroatoms. The molecule has 1 saturated heterocycles. The highest BCUT2D eigenvalue weighted by molar-refractivity contribution is 5.73. The van der Waals surface area contributed by atoms with Gasteiger partial charge in [-0.3, -0.25) is 19.3 Å². The smallest absolute Gasteiger partial charge is 0.320 e. The van der Waals surface area contributed by atoms with Crippen LogP contribution in [0.2, 0.25) is 0 Å². The third-order valence-corrected chi connectivity index (χ3v) is 6.82. The Labute approximate surface area is 219 Å². The number of carboxylic acids is 1. The lowest BCUT2D eigenvalue weighted by atomic mass is 9.99. The highest BCUT2D eigenvalue weighted by Gasteiger charge is 2.34. The lowest BCUT2D eigenvalue weighted by Gasteiger charge is -2.37. The first-order valence-electron chi connectivity index (χ1n) is 14.3. The van der Waals surface area contributed by atoms with E-state index in [-0.39, 0.29) is 18.0 Å². The summed E-state index contributed by atoms with van der Waals surface area (Å²) >= 11 is 0. The number of carbonyl (C=O) groups is 3. The van der Waals surface area contributed by atoms with Crippen molar-refractivity contribution < 1.29 is 29.0 Å². The van der Waals surface area contributed by atoms with E-state index < -0.39 is 12.0 Å². The van der Waals surface area contributed by atoms with Crippen LogP contribution in [0.3, 0.4) is 0 Å². The second kappa shape index (κ2) is 20.4. The third kappa shape index (κ3) is 16.1. The average Bonchev–Trinajstić information content (AvgIpc) is 2.83. The van der Waals surface area contributed by atoms with Crippen molar-refractivity contribution in [3.8, 4) is 0 Å². The van der Waals surface area contributed by atoms with Crippen LogP contribution >= 0.6 is 0 Å². The zero-order valence-electron chi connectivity index (χ0n) is 23.2. The summed E-state index contributed by atoms with van der Waals surface area (Å²) in [4.78, 5) is 39.5. The Kier molecular flexibility index (Phi) is 18.3. The van der Waals surface area contributed by atoms with E-state index >= 15 is 0 Å². The molecule has 1 aliphatic rings. The summed E-state index contributed by atoms with van der Waals surface area (Å²) in [5, 5.41) is 9.58. The Balaban J connectivity index is 2.14. The van der Waals surface area contributed by atoms with Crippen LogP contribution in [0, 0.1) is 0 Å². The molecule has 2 atom stereocenters. The van der Waals surface area contributed by atoms with Crippen LogP contribution in [0.5, 0.6) is 0 Å². The minimum absolute atomic E-state index is 0.138. The van der Waals surface area contributed by atoms with Gasteiger partial charge in [0.1, 0.15) is 12.1 Å². The molecule has 1 rings (SSSR count). The van der Waals surface area contributed by atoms with E-state index in [4.69, 9.17) is 9.47 Å². The number of esters is 2. The lowest BCUT2D eigenvalue weighted by molar-refractivity contribution is -0.156. The van der Waals surface area contributed by atoms with Crippen molar-refractivity contribution in [1.82, 2.24) is 9.80 Å². The molecule has 0 aromatic carbocycles. The zero-order valence-corrected chi connectivity index (χ0v) is 23.2. The summed E-state index contributed by atoms with van der Waals surface area (Å²) in [5.74, 6) is -1.20. The van der Waals surface area contributed by atoms with E-state index in [1.54, 1.807) is 0 Å². The van der Waals surface area contributed by atoms with Crippen molar-refractivity contribution in [3.63, 3.8) is 0 Å². The summed E-state index contributed by atoms with van der Waals surface area (Å²) < 4.78 is 10.9. The van der Waals surface area contributed by atoms with Gasteiger partial charge in [0, 0.05) is 19.5 Å². The van der Waals surface area contributed by atoms with Gasteiger partial charge in [-0.05, 0) is 52.7 Å². The van der Waals surface area contributed by atoms with Crippen LogP contribution in [0.25, 0.3) is 0 Å². The van der Waals surface area contributed by atoms with Gasteiger partial charge in [-0.2, -0.15) is 0 Å². The average molecular weight is 513 g/mol. The Morgan fingerprint density at radius 3 is 2.11 bits per heavy atom. The highest BCUT2D eigenvalue weighted by atomic mass is 16.5. The van der Waals surface area contributed by atoms with Crippen molar-refractivity contribution in [2.24, 2.45) is 0 Å². The molecule has 36 heavy (non-hydrogen) atoms. The van der Waals surface area contributed by atoms with Gasteiger partial charge in [-0.25, -0.2) is 0 Å². The van der Waals surface area contributed by atoms with Crippen molar-refractivity contribution in [2.45, 2.75) is 122 Å². The highest BCUT2D eigenvalue weighted by Crippen LogP contribution is 2.21. The van der Waals surface area contributed by atoms with Crippen molar-refractivity contribution in [3.05, 3.63) is 0 Å². The molecule has 0 aromatic rings. The molecule has 0 saturated carbocycles. The standard InChI is InChI=1S/C28H52N2O6/c1-4-5-6-7-8-9-10-11-15-22-35-26(31)16-13-12-14-20-30-23-24(17-18-25(30)28(33)34)36-27(32)19-21-29(2)3/h24-25H,4-23H2,1-3H3,(H,33,34)/t24-,25-/m0/s1. The van der Waals surface area contributed by atoms with Gasteiger partial charge in [0.25, 0.3) is 0 Å². The maximum absolute atomic E-state index is 12.1. The molecular weight excluding hydrogens is 460 g/mol. The van der Waals surface area contributed by atoms with Gasteiger partial charge in [0.2, 0.25) is 0 Å². The van der Waals surface area contributed by atoms with E-state index in [9.17, 15) is 19.5 Å². The predicted octanol–water partition coefficient (Wildman–Crippen LogP) is 5.03. The fourth-order valence-corrected chi connectivity index (χ4v) is 4.62. The number of aliphatic carboxylic acids is 1. The normalized spacial score (nSPS) is 18.3. The number of unbranched alkanes of at least 4 members (excludes halogenated alkanes) is 10. The SMILES string of the molecule is CCCCCCCCCCCOC(=O)CCCCCN1C[C@@H](OC(=O)CCN(C)C)CC[C@H]1C(=O)O. The van der Waals surface area contributed by atoms with Crippen molar-refractivity contribution in [1.29, 1.82) is 0 Å². The van der Waals surface area contributed by atoms with Crippen LogP contribution in [0.1, 0.15) is 110 Å². The minimum Gasteiger partial charge on any atom is -0.480 e. The second-order valence-electron chi connectivity index (χ2n) is 10.5. The molecule has 0 aliphatic carbocycles. The van der Waals surface area contributed by atoms with Gasteiger partial charge < -0.3 is 19.5 Å². The van der Waals surface area contributed by atoms with Gasteiger partial charge >= 0.3 is 17.9 Å². The number of piperidine rings is 1. The summed E-state index contributed by atoms with van der Waals surface area (Å²) in [7, 11) is 3.82. The number of carboxylic acid groups (broad SMARTS) is 1. The lowest BCUT2D eigenvalue weighted by Crippen LogP contribution is -2.50. The van der Waals surface area contributed by atoms with Crippen LogP contribution in [-0.2, 0) is 23.9 Å². The van der Waals surface area contributed by atoms with E-state index in [0.29, 0.717) is 51.9 Å². The van der Waals surface area contributed by atoms with Gasteiger partial charge in [0.15, 0.2) is 0 Å². The summed E-state index contributed by atoms with van der Waals surface area (Å²) in [5.41, 5.74) is 0. The predicted molar refractivity (Wildman–Crippen MR) is 142 cm³/mol. The monoisotopic (exact) mass is 512 g/mol. The molecule has 210 valence electrons. The first-order valence-corrected chi connectivity index (χ1v) is 14.3. The molecule has 0 radical (unpaired) electrons.